The van der Waals surface area contributed by atoms with E-state index in [9.17, 15) is 5.11 Å². The highest BCUT2D eigenvalue weighted by Gasteiger charge is 2.22. The molecule has 1 nitrogen and oxygen atoms in total. The first-order valence-electron chi connectivity index (χ1n) is 5.65. The smallest absolute Gasteiger partial charge is 0.0861 e. The number of rotatable bonds is 0. The summed E-state index contributed by atoms with van der Waals surface area (Å²) in [7, 11) is 0. The summed E-state index contributed by atoms with van der Waals surface area (Å²) < 4.78 is 0. The Balaban J connectivity index is 2.37. The van der Waals surface area contributed by atoms with Gasteiger partial charge in [0.05, 0.1) is 6.10 Å². The summed E-state index contributed by atoms with van der Waals surface area (Å²) in [5.41, 5.74) is 2.22. The van der Waals surface area contributed by atoms with E-state index in [4.69, 9.17) is 0 Å². The zero-order valence-corrected chi connectivity index (χ0v) is 9.22. The zero-order chi connectivity index (χ0) is 11.1. The van der Waals surface area contributed by atoms with Gasteiger partial charge >= 0.3 is 0 Å². The molecule has 0 aromatic heterocycles. The summed E-state index contributed by atoms with van der Waals surface area (Å²) in [6, 6.07) is 12.4. The standard InChI is InChI=1S/C15H14O/c1-10-6-7-12-9-8-11-4-2-3-5-13(11)14(12)15(10)16/h2-10,15-16H,1H3. The van der Waals surface area contributed by atoms with Crippen molar-refractivity contribution in [3.05, 3.63) is 53.6 Å². The van der Waals surface area contributed by atoms with Gasteiger partial charge in [-0.25, -0.2) is 0 Å². The van der Waals surface area contributed by atoms with E-state index >= 15 is 0 Å². The number of aliphatic hydroxyl groups excluding tert-OH is 1. The Hall–Kier alpha value is -1.60. The second-order valence-electron chi connectivity index (χ2n) is 4.45. The molecule has 1 aliphatic rings. The molecule has 2 aromatic rings. The lowest BCUT2D eigenvalue weighted by molar-refractivity contribution is 0.139. The van der Waals surface area contributed by atoms with Gasteiger partial charge in [0.15, 0.2) is 0 Å². The molecule has 1 N–H and O–H groups in total. The lowest BCUT2D eigenvalue weighted by Gasteiger charge is -2.24. The minimum atomic E-state index is -0.383. The van der Waals surface area contributed by atoms with E-state index in [0.717, 1.165) is 11.1 Å². The molecule has 0 fully saturated rings. The fourth-order valence-corrected chi connectivity index (χ4v) is 2.41. The highest BCUT2D eigenvalue weighted by atomic mass is 16.3. The van der Waals surface area contributed by atoms with Gasteiger partial charge in [-0.3, -0.25) is 0 Å². The molecule has 16 heavy (non-hydrogen) atoms. The average molecular weight is 210 g/mol. The van der Waals surface area contributed by atoms with Crippen molar-refractivity contribution < 1.29 is 5.11 Å². The molecule has 0 saturated carbocycles. The van der Waals surface area contributed by atoms with Gasteiger partial charge in [-0.1, -0.05) is 55.5 Å². The third-order valence-corrected chi connectivity index (χ3v) is 3.38. The van der Waals surface area contributed by atoms with Crippen LogP contribution in [0.1, 0.15) is 24.2 Å². The summed E-state index contributed by atoms with van der Waals surface area (Å²) in [5, 5.41) is 12.6. The molecule has 0 spiro atoms. The molecule has 3 rings (SSSR count). The molecule has 2 atom stereocenters. The topological polar surface area (TPSA) is 20.2 Å². The molecule has 0 aliphatic heterocycles. The molecule has 0 amide bonds. The molecular formula is C15H14O. The van der Waals surface area contributed by atoms with Gasteiger partial charge in [0.25, 0.3) is 0 Å². The number of benzene rings is 2. The normalized spacial score (nSPS) is 23.4. The number of hydrogen-bond donors (Lipinski definition) is 1. The zero-order valence-electron chi connectivity index (χ0n) is 9.22. The van der Waals surface area contributed by atoms with Gasteiger partial charge in [-0.2, -0.15) is 0 Å². The van der Waals surface area contributed by atoms with Gasteiger partial charge in [0, 0.05) is 5.92 Å². The van der Waals surface area contributed by atoms with Crippen molar-refractivity contribution in [2.75, 3.05) is 0 Å². The molecular weight excluding hydrogens is 196 g/mol. The van der Waals surface area contributed by atoms with Gasteiger partial charge in [-0.15, -0.1) is 0 Å². The van der Waals surface area contributed by atoms with Crippen LogP contribution in [0.15, 0.2) is 42.5 Å². The Morgan fingerprint density at radius 1 is 1.06 bits per heavy atom. The monoisotopic (exact) mass is 210 g/mol. The quantitative estimate of drug-likeness (QED) is 0.705. The van der Waals surface area contributed by atoms with E-state index < -0.39 is 0 Å². The first kappa shape index (κ1) is 9.61. The fourth-order valence-electron chi connectivity index (χ4n) is 2.41. The van der Waals surface area contributed by atoms with Crippen LogP contribution in [0.2, 0.25) is 0 Å². The Morgan fingerprint density at radius 3 is 2.75 bits per heavy atom. The van der Waals surface area contributed by atoms with Gasteiger partial charge in [-0.05, 0) is 21.9 Å². The summed E-state index contributed by atoms with van der Waals surface area (Å²) in [6.07, 6.45) is 3.80. The molecule has 1 aliphatic carbocycles. The largest absolute Gasteiger partial charge is 0.388 e. The minimum absolute atomic E-state index is 0.193. The third kappa shape index (κ3) is 1.29. The van der Waals surface area contributed by atoms with Gasteiger partial charge in [0.1, 0.15) is 0 Å². The lowest BCUT2D eigenvalue weighted by atomic mass is 9.85. The predicted octanol–water partition coefficient (Wildman–Crippen LogP) is 3.54. The van der Waals surface area contributed by atoms with Crippen molar-refractivity contribution in [1.29, 1.82) is 0 Å². The lowest BCUT2D eigenvalue weighted by Crippen LogP contribution is -2.12. The summed E-state index contributed by atoms with van der Waals surface area (Å²) in [6.45, 7) is 2.05. The Bertz CT molecular complexity index is 569. The summed E-state index contributed by atoms with van der Waals surface area (Å²) in [4.78, 5) is 0. The first-order valence-corrected chi connectivity index (χ1v) is 5.65. The van der Waals surface area contributed by atoms with Crippen LogP contribution >= 0.6 is 0 Å². The molecule has 80 valence electrons. The summed E-state index contributed by atoms with van der Waals surface area (Å²) in [5.74, 6) is 0.193. The Labute approximate surface area is 95.0 Å². The maximum atomic E-state index is 10.3. The predicted molar refractivity (Wildman–Crippen MR) is 67.1 cm³/mol. The first-order chi connectivity index (χ1) is 7.77. The molecule has 0 bridgehead atoms. The van der Waals surface area contributed by atoms with E-state index in [1.54, 1.807) is 0 Å². The van der Waals surface area contributed by atoms with Crippen molar-refractivity contribution in [3.63, 3.8) is 0 Å². The number of aliphatic hydroxyl groups is 1. The van der Waals surface area contributed by atoms with Crippen LogP contribution in [-0.2, 0) is 0 Å². The Kier molecular flexibility index (Phi) is 2.08. The SMILES string of the molecule is CC1C=Cc2ccc3ccccc3c2C1O. The molecule has 0 saturated heterocycles. The van der Waals surface area contributed by atoms with Crippen molar-refractivity contribution >= 4 is 16.8 Å². The van der Waals surface area contributed by atoms with Crippen LogP contribution in [0, 0.1) is 5.92 Å². The van der Waals surface area contributed by atoms with E-state index in [1.807, 2.05) is 19.1 Å². The average Bonchev–Trinajstić information content (AvgIpc) is 2.33. The molecule has 0 radical (unpaired) electrons. The van der Waals surface area contributed by atoms with Crippen LogP contribution in [0.3, 0.4) is 0 Å². The maximum Gasteiger partial charge on any atom is 0.0861 e. The second kappa shape index (κ2) is 3.46. The maximum absolute atomic E-state index is 10.3. The highest BCUT2D eigenvalue weighted by molar-refractivity contribution is 5.89. The van der Waals surface area contributed by atoms with Crippen molar-refractivity contribution in [2.45, 2.75) is 13.0 Å². The van der Waals surface area contributed by atoms with E-state index in [1.165, 1.54) is 10.8 Å². The Morgan fingerprint density at radius 2 is 1.88 bits per heavy atom. The molecule has 0 heterocycles. The van der Waals surface area contributed by atoms with E-state index in [2.05, 4.69) is 36.4 Å². The fraction of sp³-hybridized carbons (Fsp3) is 0.200. The van der Waals surface area contributed by atoms with Crippen LogP contribution in [0.4, 0.5) is 0 Å². The number of hydrogen-bond acceptors (Lipinski definition) is 1. The van der Waals surface area contributed by atoms with E-state index in [0.29, 0.717) is 0 Å². The van der Waals surface area contributed by atoms with Crippen molar-refractivity contribution in [1.82, 2.24) is 0 Å². The van der Waals surface area contributed by atoms with Crippen LogP contribution in [0.5, 0.6) is 0 Å². The summed E-state index contributed by atoms with van der Waals surface area (Å²) >= 11 is 0. The molecule has 1 heteroatoms. The van der Waals surface area contributed by atoms with Gasteiger partial charge < -0.3 is 5.11 Å². The highest BCUT2D eigenvalue weighted by Crippen LogP contribution is 2.36. The van der Waals surface area contributed by atoms with Crippen LogP contribution in [-0.4, -0.2) is 5.11 Å². The molecule has 2 aromatic carbocycles. The molecule has 2 unspecified atom stereocenters. The third-order valence-electron chi connectivity index (χ3n) is 3.38. The van der Waals surface area contributed by atoms with Crippen molar-refractivity contribution in [2.24, 2.45) is 5.92 Å². The number of fused-ring (bicyclic) bond motifs is 3. The van der Waals surface area contributed by atoms with Crippen LogP contribution in [0.25, 0.3) is 16.8 Å². The van der Waals surface area contributed by atoms with E-state index in [-0.39, 0.29) is 12.0 Å². The van der Waals surface area contributed by atoms with Crippen LogP contribution < -0.4 is 0 Å². The second-order valence-corrected chi connectivity index (χ2v) is 4.45. The minimum Gasteiger partial charge on any atom is -0.388 e. The van der Waals surface area contributed by atoms with Gasteiger partial charge in [0.2, 0.25) is 0 Å². The van der Waals surface area contributed by atoms with Crippen molar-refractivity contribution in [3.8, 4) is 0 Å².